The summed E-state index contributed by atoms with van der Waals surface area (Å²) >= 11 is 4.96. The highest BCUT2D eigenvalue weighted by Gasteiger charge is 2.22. The Hall–Kier alpha value is -2.48. The Morgan fingerprint density at radius 2 is 1.64 bits per heavy atom. The summed E-state index contributed by atoms with van der Waals surface area (Å²) in [4.78, 5) is 35.3. The van der Waals surface area contributed by atoms with E-state index in [9.17, 15) is 14.4 Å². The van der Waals surface area contributed by atoms with Gasteiger partial charge >= 0.3 is 0 Å². The van der Waals surface area contributed by atoms with Crippen LogP contribution in [0.4, 0.5) is 5.69 Å². The summed E-state index contributed by atoms with van der Waals surface area (Å²) in [6, 6.07) is 6.44. The second-order valence-corrected chi connectivity index (χ2v) is 6.90. The number of anilines is 1. The predicted molar refractivity (Wildman–Crippen MR) is 101 cm³/mol. The zero-order valence-corrected chi connectivity index (χ0v) is 15.7. The molecular weight excluding hydrogens is 340 g/mol. The summed E-state index contributed by atoms with van der Waals surface area (Å²) in [5, 5.41) is 5.24. The van der Waals surface area contributed by atoms with Crippen LogP contribution < -0.4 is 21.5 Å². The van der Waals surface area contributed by atoms with Crippen LogP contribution in [0.5, 0.6) is 0 Å². The molecule has 0 aliphatic rings. The average molecular weight is 364 g/mol. The van der Waals surface area contributed by atoms with Crippen molar-refractivity contribution in [2.75, 3.05) is 5.32 Å². The highest BCUT2D eigenvalue weighted by Crippen LogP contribution is 2.12. The van der Waals surface area contributed by atoms with Crippen LogP contribution in [0.3, 0.4) is 0 Å². The number of benzene rings is 1. The van der Waals surface area contributed by atoms with Crippen LogP contribution in [-0.4, -0.2) is 22.8 Å². The van der Waals surface area contributed by atoms with Gasteiger partial charge in [-0.05, 0) is 42.9 Å². The van der Waals surface area contributed by atoms with Crippen LogP contribution in [0, 0.1) is 5.41 Å². The van der Waals surface area contributed by atoms with Gasteiger partial charge in [0.2, 0.25) is 11.8 Å². The van der Waals surface area contributed by atoms with Crippen molar-refractivity contribution in [3.05, 3.63) is 29.8 Å². The molecule has 0 unspecified atom stereocenters. The monoisotopic (exact) mass is 364 g/mol. The van der Waals surface area contributed by atoms with E-state index < -0.39 is 11.3 Å². The summed E-state index contributed by atoms with van der Waals surface area (Å²) in [5.41, 5.74) is 5.29. The smallest absolute Gasteiger partial charge is 0.269 e. The third-order valence-electron chi connectivity index (χ3n) is 3.11. The molecule has 3 amide bonds. The Kier molecular flexibility index (Phi) is 7.50. The molecule has 0 fully saturated rings. The summed E-state index contributed by atoms with van der Waals surface area (Å²) in [6.45, 7) is 7.19. The van der Waals surface area contributed by atoms with Crippen molar-refractivity contribution in [3.63, 3.8) is 0 Å². The molecule has 7 nitrogen and oxygen atoms in total. The maximum atomic E-state index is 12.0. The van der Waals surface area contributed by atoms with Gasteiger partial charge in [-0.1, -0.05) is 27.7 Å². The zero-order valence-electron chi connectivity index (χ0n) is 14.9. The van der Waals surface area contributed by atoms with E-state index in [1.807, 2.05) is 6.92 Å². The summed E-state index contributed by atoms with van der Waals surface area (Å²) in [6.07, 6.45) is 1.22. The van der Waals surface area contributed by atoms with Gasteiger partial charge in [0, 0.05) is 23.1 Å². The minimum absolute atomic E-state index is 0.0109. The van der Waals surface area contributed by atoms with E-state index in [1.165, 1.54) is 0 Å². The lowest BCUT2D eigenvalue weighted by Gasteiger charge is -2.18. The highest BCUT2D eigenvalue weighted by molar-refractivity contribution is 7.80. The van der Waals surface area contributed by atoms with Gasteiger partial charge in [0.15, 0.2) is 5.11 Å². The first-order valence-electron chi connectivity index (χ1n) is 7.95. The Balaban J connectivity index is 2.51. The number of hydrogen-bond acceptors (Lipinski definition) is 4. The van der Waals surface area contributed by atoms with Gasteiger partial charge in [0.25, 0.3) is 5.91 Å². The third-order valence-corrected chi connectivity index (χ3v) is 3.31. The van der Waals surface area contributed by atoms with E-state index in [2.05, 4.69) is 21.5 Å². The first-order chi connectivity index (χ1) is 11.6. The fraction of sp³-hybridized carbons (Fsp3) is 0.412. The first kappa shape index (κ1) is 20.6. The summed E-state index contributed by atoms with van der Waals surface area (Å²) < 4.78 is 0. The molecule has 1 rings (SSSR count). The molecule has 0 spiro atoms. The molecular formula is C17H24N4O3S. The molecule has 0 bridgehead atoms. The molecule has 0 aliphatic carbocycles. The fourth-order valence-corrected chi connectivity index (χ4v) is 1.81. The zero-order chi connectivity index (χ0) is 19.0. The number of carbonyl (C=O) groups excluding carboxylic acids is 3. The Morgan fingerprint density at radius 3 is 2.16 bits per heavy atom. The van der Waals surface area contributed by atoms with Gasteiger partial charge < -0.3 is 10.6 Å². The number of thiocarbonyl (C=S) groups is 1. The van der Waals surface area contributed by atoms with Crippen molar-refractivity contribution >= 4 is 40.7 Å². The molecule has 0 atom stereocenters. The Labute approximate surface area is 152 Å². The van der Waals surface area contributed by atoms with Crippen LogP contribution >= 0.6 is 12.2 Å². The maximum absolute atomic E-state index is 12.0. The molecule has 0 aliphatic heterocycles. The van der Waals surface area contributed by atoms with Crippen LogP contribution in [0.25, 0.3) is 0 Å². The standard InChI is InChI=1S/C17H24N4O3S/c1-5-6-13(22)18-12-9-7-11(8-10-12)14(23)20-21-16(25)19-15(24)17(2,3)4/h7-10H,5-6H2,1-4H3,(H,18,22)(H,20,23)(H2,19,21,24,25). The molecule has 0 radical (unpaired) electrons. The van der Waals surface area contributed by atoms with Crippen molar-refractivity contribution in [1.82, 2.24) is 16.2 Å². The van der Waals surface area contributed by atoms with Gasteiger partial charge in [-0.3, -0.25) is 25.2 Å². The topological polar surface area (TPSA) is 99.3 Å². The van der Waals surface area contributed by atoms with E-state index >= 15 is 0 Å². The fourth-order valence-electron chi connectivity index (χ4n) is 1.66. The van der Waals surface area contributed by atoms with Gasteiger partial charge in [-0.25, -0.2) is 0 Å². The highest BCUT2D eigenvalue weighted by atomic mass is 32.1. The number of rotatable bonds is 4. The van der Waals surface area contributed by atoms with Gasteiger partial charge in [-0.2, -0.15) is 0 Å². The van der Waals surface area contributed by atoms with Gasteiger partial charge in [-0.15, -0.1) is 0 Å². The number of hydrazine groups is 1. The lowest BCUT2D eigenvalue weighted by atomic mass is 9.96. The van der Waals surface area contributed by atoms with Gasteiger partial charge in [0.05, 0.1) is 0 Å². The predicted octanol–water partition coefficient (Wildman–Crippen LogP) is 2.11. The number of amides is 3. The molecule has 0 saturated heterocycles. The van der Waals surface area contributed by atoms with Gasteiger partial charge in [0.1, 0.15) is 0 Å². The van der Waals surface area contributed by atoms with E-state index in [0.29, 0.717) is 17.7 Å². The molecule has 8 heteroatoms. The SMILES string of the molecule is CCCC(=O)Nc1ccc(C(=O)NNC(=S)NC(=O)C(C)(C)C)cc1. The second kappa shape index (κ2) is 9.12. The third kappa shape index (κ3) is 7.30. The molecule has 4 N–H and O–H groups in total. The minimum Gasteiger partial charge on any atom is -0.326 e. The quantitative estimate of drug-likeness (QED) is 0.484. The number of hydrogen-bond donors (Lipinski definition) is 4. The van der Waals surface area contributed by atoms with Crippen molar-refractivity contribution in [2.45, 2.75) is 40.5 Å². The largest absolute Gasteiger partial charge is 0.326 e. The maximum Gasteiger partial charge on any atom is 0.269 e. The van der Waals surface area contributed by atoms with Crippen LogP contribution in [0.1, 0.15) is 50.9 Å². The van der Waals surface area contributed by atoms with E-state index in [0.717, 1.165) is 6.42 Å². The average Bonchev–Trinajstić information content (AvgIpc) is 2.52. The molecule has 1 aromatic carbocycles. The van der Waals surface area contributed by atoms with Crippen LogP contribution in [0.2, 0.25) is 0 Å². The number of nitrogens with one attached hydrogen (secondary N) is 4. The van der Waals surface area contributed by atoms with Crippen LogP contribution in [0.15, 0.2) is 24.3 Å². The first-order valence-corrected chi connectivity index (χ1v) is 8.36. The Morgan fingerprint density at radius 1 is 1.04 bits per heavy atom. The van der Waals surface area contributed by atoms with E-state index in [1.54, 1.807) is 45.0 Å². The van der Waals surface area contributed by atoms with E-state index in [4.69, 9.17) is 12.2 Å². The van der Waals surface area contributed by atoms with Crippen molar-refractivity contribution in [1.29, 1.82) is 0 Å². The van der Waals surface area contributed by atoms with Crippen molar-refractivity contribution < 1.29 is 14.4 Å². The molecule has 1 aromatic rings. The molecule has 0 aromatic heterocycles. The van der Waals surface area contributed by atoms with Crippen molar-refractivity contribution in [2.24, 2.45) is 5.41 Å². The van der Waals surface area contributed by atoms with Crippen LogP contribution in [-0.2, 0) is 9.59 Å². The molecule has 0 heterocycles. The lowest BCUT2D eigenvalue weighted by molar-refractivity contribution is -0.127. The minimum atomic E-state index is -0.589. The lowest BCUT2D eigenvalue weighted by Crippen LogP contribution is -2.50. The Bertz CT molecular complexity index is 651. The molecule has 0 saturated carbocycles. The molecule has 25 heavy (non-hydrogen) atoms. The number of carbonyl (C=O) groups is 3. The van der Waals surface area contributed by atoms with Crippen molar-refractivity contribution in [3.8, 4) is 0 Å². The summed E-state index contributed by atoms with van der Waals surface area (Å²) in [7, 11) is 0. The normalized spacial score (nSPS) is 10.6. The molecule has 136 valence electrons. The second-order valence-electron chi connectivity index (χ2n) is 6.49. The van der Waals surface area contributed by atoms with E-state index in [-0.39, 0.29) is 16.9 Å². The summed E-state index contributed by atoms with van der Waals surface area (Å²) in [5.74, 6) is -0.744.